The molecule has 166 valence electrons. The molecule has 0 aliphatic carbocycles. The Bertz CT molecular complexity index is 1010. The average molecular weight is 438 g/mol. The minimum atomic E-state index is -4.77. The third-order valence-electron chi connectivity index (χ3n) is 6.13. The molecule has 31 heavy (non-hydrogen) atoms. The van der Waals surface area contributed by atoms with E-state index in [0.29, 0.717) is 37.9 Å². The van der Waals surface area contributed by atoms with Gasteiger partial charge in [0.1, 0.15) is 5.82 Å². The van der Waals surface area contributed by atoms with Gasteiger partial charge in [0.05, 0.1) is 5.56 Å². The van der Waals surface area contributed by atoms with E-state index in [2.05, 4.69) is 10.2 Å². The molecule has 0 radical (unpaired) electrons. The number of likely N-dealkylation sites (tertiary alicyclic amines) is 1. The van der Waals surface area contributed by atoms with Crippen LogP contribution in [0.3, 0.4) is 0 Å². The van der Waals surface area contributed by atoms with Gasteiger partial charge in [0, 0.05) is 50.8 Å². The van der Waals surface area contributed by atoms with Gasteiger partial charge in [-0.25, -0.2) is 4.39 Å². The number of nitrogens with zero attached hydrogens (tertiary/aromatic N) is 3. The summed E-state index contributed by atoms with van der Waals surface area (Å²) in [6, 6.07) is 3.42. The van der Waals surface area contributed by atoms with Crippen LogP contribution >= 0.6 is 0 Å². The van der Waals surface area contributed by atoms with Gasteiger partial charge in [-0.15, -0.1) is 0 Å². The van der Waals surface area contributed by atoms with Crippen LogP contribution in [0.15, 0.2) is 18.2 Å². The van der Waals surface area contributed by atoms with Crippen LogP contribution in [0.4, 0.5) is 17.6 Å². The van der Waals surface area contributed by atoms with Crippen molar-refractivity contribution in [2.75, 3.05) is 19.6 Å². The van der Waals surface area contributed by atoms with E-state index in [-0.39, 0.29) is 36.2 Å². The Morgan fingerprint density at radius 3 is 2.48 bits per heavy atom. The van der Waals surface area contributed by atoms with E-state index in [4.69, 9.17) is 0 Å². The van der Waals surface area contributed by atoms with Gasteiger partial charge in [-0.05, 0) is 30.4 Å². The Morgan fingerprint density at radius 1 is 1.13 bits per heavy atom. The molecule has 0 saturated carbocycles. The molecule has 1 aromatic heterocycles. The SMILES string of the molecule is CC(=O)N1CCc2[nH]nc(C(=O)N3CCC(c4cccc(F)c4C(F)(F)F)CC3)c2C1. The molecular formula is C21H22F4N4O2. The maximum atomic E-state index is 13.9. The number of aromatic amines is 1. The first kappa shape index (κ1) is 21.3. The Kier molecular flexibility index (Phi) is 5.49. The fourth-order valence-electron chi connectivity index (χ4n) is 4.46. The average Bonchev–Trinajstić information content (AvgIpc) is 3.15. The number of benzene rings is 1. The molecule has 1 saturated heterocycles. The number of carbonyl (C=O) groups is 2. The van der Waals surface area contributed by atoms with Crippen molar-refractivity contribution >= 4 is 11.8 Å². The van der Waals surface area contributed by atoms with Gasteiger partial charge < -0.3 is 9.80 Å². The first-order chi connectivity index (χ1) is 14.7. The highest BCUT2D eigenvalue weighted by Crippen LogP contribution is 2.40. The van der Waals surface area contributed by atoms with Gasteiger partial charge in [0.25, 0.3) is 5.91 Å². The van der Waals surface area contributed by atoms with Crippen LogP contribution in [0.25, 0.3) is 0 Å². The minimum absolute atomic E-state index is 0.0613. The zero-order valence-electron chi connectivity index (χ0n) is 16.9. The van der Waals surface area contributed by atoms with Gasteiger partial charge in [-0.1, -0.05) is 12.1 Å². The summed E-state index contributed by atoms with van der Waals surface area (Å²) in [6.45, 7) is 2.82. The summed E-state index contributed by atoms with van der Waals surface area (Å²) >= 11 is 0. The van der Waals surface area contributed by atoms with Crippen LogP contribution in [0, 0.1) is 5.82 Å². The summed E-state index contributed by atoms with van der Waals surface area (Å²) in [5.41, 5.74) is 0.490. The quantitative estimate of drug-likeness (QED) is 0.730. The molecule has 6 nitrogen and oxygen atoms in total. The monoisotopic (exact) mass is 438 g/mol. The summed E-state index contributed by atoms with van der Waals surface area (Å²) < 4.78 is 54.0. The molecule has 10 heteroatoms. The number of carbonyl (C=O) groups excluding carboxylic acids is 2. The van der Waals surface area contributed by atoms with Crippen molar-refractivity contribution in [2.24, 2.45) is 0 Å². The Morgan fingerprint density at radius 2 is 1.84 bits per heavy atom. The number of hydrogen-bond acceptors (Lipinski definition) is 3. The second kappa shape index (κ2) is 7.97. The molecule has 0 unspecified atom stereocenters. The molecule has 4 rings (SSSR count). The zero-order chi connectivity index (χ0) is 22.3. The first-order valence-corrected chi connectivity index (χ1v) is 10.1. The van der Waals surface area contributed by atoms with Crippen molar-refractivity contribution in [1.82, 2.24) is 20.0 Å². The summed E-state index contributed by atoms with van der Waals surface area (Å²) in [5, 5.41) is 7.02. The molecule has 1 aromatic carbocycles. The molecule has 1 N–H and O–H groups in total. The largest absolute Gasteiger partial charge is 0.419 e. The van der Waals surface area contributed by atoms with Crippen molar-refractivity contribution in [2.45, 2.75) is 44.8 Å². The number of halogens is 4. The number of piperidine rings is 1. The van der Waals surface area contributed by atoms with Crippen LogP contribution in [0.1, 0.15) is 58.6 Å². The van der Waals surface area contributed by atoms with Crippen LogP contribution in [0.2, 0.25) is 0 Å². The number of nitrogens with one attached hydrogen (secondary N) is 1. The number of H-pyrrole nitrogens is 1. The molecule has 0 bridgehead atoms. The summed E-state index contributed by atoms with van der Waals surface area (Å²) in [7, 11) is 0. The van der Waals surface area contributed by atoms with E-state index in [9.17, 15) is 27.2 Å². The van der Waals surface area contributed by atoms with E-state index in [1.165, 1.54) is 19.1 Å². The fraction of sp³-hybridized carbons (Fsp3) is 0.476. The number of fused-ring (bicyclic) bond motifs is 1. The van der Waals surface area contributed by atoms with Crippen molar-refractivity contribution in [3.63, 3.8) is 0 Å². The Balaban J connectivity index is 1.49. The number of aromatic nitrogens is 2. The van der Waals surface area contributed by atoms with Gasteiger partial charge in [0.2, 0.25) is 5.91 Å². The maximum Gasteiger partial charge on any atom is 0.419 e. The molecular weight excluding hydrogens is 416 g/mol. The van der Waals surface area contributed by atoms with Crippen LogP contribution in [0.5, 0.6) is 0 Å². The lowest BCUT2D eigenvalue weighted by molar-refractivity contribution is -0.141. The first-order valence-electron chi connectivity index (χ1n) is 10.1. The minimum Gasteiger partial charge on any atom is -0.338 e. The Hall–Kier alpha value is -2.91. The lowest BCUT2D eigenvalue weighted by Gasteiger charge is -2.33. The normalized spacial score (nSPS) is 17.6. The van der Waals surface area contributed by atoms with Crippen LogP contribution < -0.4 is 0 Å². The van der Waals surface area contributed by atoms with E-state index in [0.717, 1.165) is 11.8 Å². The third-order valence-corrected chi connectivity index (χ3v) is 6.13. The predicted octanol–water partition coefficient (Wildman–Crippen LogP) is 3.49. The second-order valence-corrected chi connectivity index (χ2v) is 7.99. The standard InChI is InChI=1S/C21H22F4N4O2/c1-12(30)29-10-7-17-15(11-29)19(27-26-17)20(31)28-8-5-13(6-9-28)14-3-2-4-16(22)18(14)21(23,24)25/h2-4,13H,5-11H2,1H3,(H,26,27). The molecule has 2 aromatic rings. The van der Waals surface area contributed by atoms with Crippen molar-refractivity contribution in [3.8, 4) is 0 Å². The fourth-order valence-corrected chi connectivity index (χ4v) is 4.46. The zero-order valence-corrected chi connectivity index (χ0v) is 16.9. The topological polar surface area (TPSA) is 69.3 Å². The molecule has 2 aliphatic heterocycles. The highest BCUT2D eigenvalue weighted by atomic mass is 19.4. The van der Waals surface area contributed by atoms with Gasteiger partial charge in [-0.2, -0.15) is 18.3 Å². The number of amides is 2. The lowest BCUT2D eigenvalue weighted by atomic mass is 9.86. The smallest absolute Gasteiger partial charge is 0.338 e. The maximum absolute atomic E-state index is 13.9. The van der Waals surface area contributed by atoms with Crippen molar-refractivity contribution < 1.29 is 27.2 Å². The van der Waals surface area contributed by atoms with Crippen molar-refractivity contribution in [1.29, 1.82) is 0 Å². The van der Waals surface area contributed by atoms with E-state index in [1.54, 1.807) is 9.80 Å². The van der Waals surface area contributed by atoms with Gasteiger partial charge in [-0.3, -0.25) is 14.7 Å². The molecule has 2 amide bonds. The highest BCUT2D eigenvalue weighted by Gasteiger charge is 2.39. The van der Waals surface area contributed by atoms with Gasteiger partial charge in [0.15, 0.2) is 5.69 Å². The number of alkyl halides is 3. The molecule has 0 atom stereocenters. The third kappa shape index (κ3) is 4.03. The summed E-state index contributed by atoms with van der Waals surface area (Å²) in [4.78, 5) is 27.9. The number of rotatable bonds is 2. The van der Waals surface area contributed by atoms with E-state index in [1.807, 2.05) is 0 Å². The highest BCUT2D eigenvalue weighted by molar-refractivity contribution is 5.94. The van der Waals surface area contributed by atoms with E-state index >= 15 is 0 Å². The van der Waals surface area contributed by atoms with Crippen LogP contribution in [-0.4, -0.2) is 51.4 Å². The van der Waals surface area contributed by atoms with Crippen LogP contribution in [-0.2, 0) is 23.9 Å². The Labute approximate surface area is 176 Å². The van der Waals surface area contributed by atoms with E-state index < -0.39 is 23.5 Å². The second-order valence-electron chi connectivity index (χ2n) is 7.99. The molecule has 1 fully saturated rings. The summed E-state index contributed by atoms with van der Waals surface area (Å²) in [5.74, 6) is -2.15. The van der Waals surface area contributed by atoms with Gasteiger partial charge >= 0.3 is 6.18 Å². The molecule has 2 aliphatic rings. The van der Waals surface area contributed by atoms with Crippen molar-refractivity contribution in [3.05, 3.63) is 52.1 Å². The number of hydrogen-bond donors (Lipinski definition) is 1. The lowest BCUT2D eigenvalue weighted by Crippen LogP contribution is -2.40. The summed E-state index contributed by atoms with van der Waals surface area (Å²) in [6.07, 6.45) is -3.60. The predicted molar refractivity (Wildman–Crippen MR) is 103 cm³/mol. The molecule has 0 spiro atoms. The molecule has 3 heterocycles.